The van der Waals surface area contributed by atoms with Crippen LogP contribution in [-0.2, 0) is 0 Å². The number of nitrogens with one attached hydrogen (secondary N) is 2. The summed E-state index contributed by atoms with van der Waals surface area (Å²) in [6.45, 7) is 0. The van der Waals surface area contributed by atoms with Gasteiger partial charge in [-0.3, -0.25) is 10.1 Å². The topological polar surface area (TPSA) is 97.1 Å². The molecule has 6 heteroatoms. The Hall–Kier alpha value is -2.89. The van der Waals surface area contributed by atoms with Gasteiger partial charge in [0.05, 0.1) is 5.56 Å². The van der Waals surface area contributed by atoms with Crippen LogP contribution in [0.25, 0.3) is 0 Å². The van der Waals surface area contributed by atoms with E-state index in [9.17, 15) is 9.59 Å². The number of benzene rings is 1. The van der Waals surface area contributed by atoms with Crippen LogP contribution >= 0.6 is 0 Å². The quantitative estimate of drug-likeness (QED) is 0.781. The van der Waals surface area contributed by atoms with E-state index in [1.165, 1.54) is 12.3 Å². The molecule has 1 aromatic carbocycles. The van der Waals surface area contributed by atoms with Crippen molar-refractivity contribution in [1.29, 1.82) is 0 Å². The standard InChI is InChI=1S/C13H12N4O2/c14-11(18)10-7-4-8-15-12(10)17-13(19)16-9-5-2-1-3-6-9/h1-8H,(H2,14,18)(H2,15,16,17,19). The Morgan fingerprint density at radius 2 is 1.74 bits per heavy atom. The van der Waals surface area contributed by atoms with Crippen molar-refractivity contribution in [1.82, 2.24) is 4.98 Å². The molecule has 0 atom stereocenters. The van der Waals surface area contributed by atoms with Crippen LogP contribution < -0.4 is 16.4 Å². The summed E-state index contributed by atoms with van der Waals surface area (Å²) in [7, 11) is 0. The van der Waals surface area contributed by atoms with Crippen molar-refractivity contribution in [2.45, 2.75) is 0 Å². The fraction of sp³-hybridized carbons (Fsp3) is 0. The van der Waals surface area contributed by atoms with Gasteiger partial charge in [-0.05, 0) is 24.3 Å². The van der Waals surface area contributed by atoms with Gasteiger partial charge in [-0.25, -0.2) is 9.78 Å². The number of carbonyl (C=O) groups is 2. The van der Waals surface area contributed by atoms with Crippen LogP contribution in [0, 0.1) is 0 Å². The molecule has 2 rings (SSSR count). The smallest absolute Gasteiger partial charge is 0.324 e. The van der Waals surface area contributed by atoms with Gasteiger partial charge in [0, 0.05) is 11.9 Å². The third-order valence-electron chi connectivity index (χ3n) is 2.34. The highest BCUT2D eigenvalue weighted by molar-refractivity contribution is 6.04. The fourth-order valence-electron chi connectivity index (χ4n) is 1.50. The van der Waals surface area contributed by atoms with Crippen molar-refractivity contribution in [2.75, 3.05) is 10.6 Å². The lowest BCUT2D eigenvalue weighted by molar-refractivity contribution is 0.100. The first kappa shape index (κ1) is 12.6. The minimum Gasteiger partial charge on any atom is -0.365 e. The average molecular weight is 256 g/mol. The third kappa shape index (κ3) is 3.29. The molecule has 0 aliphatic rings. The van der Waals surface area contributed by atoms with Crippen molar-refractivity contribution < 1.29 is 9.59 Å². The monoisotopic (exact) mass is 256 g/mol. The predicted octanol–water partition coefficient (Wildman–Crippen LogP) is 1.82. The molecular formula is C13H12N4O2. The van der Waals surface area contributed by atoms with Crippen molar-refractivity contribution in [3.8, 4) is 0 Å². The number of hydrogen-bond donors (Lipinski definition) is 3. The molecule has 0 bridgehead atoms. The first-order valence-electron chi connectivity index (χ1n) is 5.54. The van der Waals surface area contributed by atoms with Gasteiger partial charge in [-0.2, -0.15) is 0 Å². The van der Waals surface area contributed by atoms with E-state index in [0.717, 1.165) is 0 Å². The van der Waals surface area contributed by atoms with E-state index in [4.69, 9.17) is 5.73 Å². The highest BCUT2D eigenvalue weighted by Gasteiger charge is 2.11. The molecule has 4 N–H and O–H groups in total. The number of primary amides is 1. The maximum Gasteiger partial charge on any atom is 0.324 e. The summed E-state index contributed by atoms with van der Waals surface area (Å²) in [6, 6.07) is 11.5. The SMILES string of the molecule is NC(=O)c1cccnc1NC(=O)Nc1ccccc1. The summed E-state index contributed by atoms with van der Waals surface area (Å²) in [5.41, 5.74) is 5.99. The minimum atomic E-state index is -0.650. The number of hydrogen-bond acceptors (Lipinski definition) is 3. The molecule has 0 saturated carbocycles. The molecule has 3 amide bonds. The van der Waals surface area contributed by atoms with E-state index in [2.05, 4.69) is 15.6 Å². The molecular weight excluding hydrogens is 244 g/mol. The lowest BCUT2D eigenvalue weighted by atomic mass is 10.2. The van der Waals surface area contributed by atoms with Gasteiger partial charge in [-0.1, -0.05) is 18.2 Å². The fourth-order valence-corrected chi connectivity index (χ4v) is 1.50. The number of urea groups is 1. The molecule has 96 valence electrons. The molecule has 0 spiro atoms. The van der Waals surface area contributed by atoms with E-state index in [0.29, 0.717) is 5.69 Å². The van der Waals surface area contributed by atoms with E-state index in [1.807, 2.05) is 6.07 Å². The summed E-state index contributed by atoms with van der Waals surface area (Å²) in [5, 5.41) is 5.09. The zero-order valence-electron chi connectivity index (χ0n) is 9.96. The van der Waals surface area contributed by atoms with E-state index >= 15 is 0 Å². The highest BCUT2D eigenvalue weighted by Crippen LogP contribution is 2.11. The Morgan fingerprint density at radius 3 is 2.42 bits per heavy atom. The first-order chi connectivity index (χ1) is 9.16. The number of anilines is 2. The molecule has 0 aliphatic heterocycles. The molecule has 2 aromatic rings. The van der Waals surface area contributed by atoms with Gasteiger partial charge >= 0.3 is 6.03 Å². The predicted molar refractivity (Wildman–Crippen MR) is 71.8 cm³/mol. The van der Waals surface area contributed by atoms with Gasteiger partial charge in [-0.15, -0.1) is 0 Å². The van der Waals surface area contributed by atoms with Crippen molar-refractivity contribution in [2.24, 2.45) is 5.73 Å². The Kier molecular flexibility index (Phi) is 3.72. The number of para-hydroxylation sites is 1. The molecule has 0 fully saturated rings. The molecule has 1 aromatic heterocycles. The number of aromatic nitrogens is 1. The van der Waals surface area contributed by atoms with Crippen LogP contribution in [-0.4, -0.2) is 16.9 Å². The number of rotatable bonds is 3. The van der Waals surface area contributed by atoms with Crippen LogP contribution in [0.4, 0.5) is 16.3 Å². The van der Waals surface area contributed by atoms with E-state index < -0.39 is 11.9 Å². The number of carbonyl (C=O) groups excluding carboxylic acids is 2. The van der Waals surface area contributed by atoms with Crippen LogP contribution in [0.2, 0.25) is 0 Å². The summed E-state index contributed by atoms with van der Waals surface area (Å²) in [4.78, 5) is 26.8. The summed E-state index contributed by atoms with van der Waals surface area (Å²) >= 11 is 0. The van der Waals surface area contributed by atoms with Crippen molar-refractivity contribution in [3.63, 3.8) is 0 Å². The number of nitrogens with two attached hydrogens (primary N) is 1. The lowest BCUT2D eigenvalue weighted by Gasteiger charge is -2.08. The molecule has 0 saturated heterocycles. The van der Waals surface area contributed by atoms with Crippen LogP contribution in [0.3, 0.4) is 0 Å². The van der Waals surface area contributed by atoms with Crippen molar-refractivity contribution in [3.05, 3.63) is 54.2 Å². The van der Waals surface area contributed by atoms with E-state index in [1.54, 1.807) is 30.3 Å². The van der Waals surface area contributed by atoms with E-state index in [-0.39, 0.29) is 11.4 Å². The van der Waals surface area contributed by atoms with Gasteiger partial charge in [0.2, 0.25) is 0 Å². The van der Waals surface area contributed by atoms with Crippen LogP contribution in [0.5, 0.6) is 0 Å². The minimum absolute atomic E-state index is 0.128. The van der Waals surface area contributed by atoms with Gasteiger partial charge in [0.25, 0.3) is 5.91 Å². The third-order valence-corrected chi connectivity index (χ3v) is 2.34. The van der Waals surface area contributed by atoms with Crippen molar-refractivity contribution >= 4 is 23.4 Å². The first-order valence-corrected chi connectivity index (χ1v) is 5.54. The molecule has 6 nitrogen and oxygen atoms in total. The van der Waals surface area contributed by atoms with Gasteiger partial charge in [0.1, 0.15) is 5.82 Å². The normalized spacial score (nSPS) is 9.68. The number of nitrogens with zero attached hydrogens (tertiary/aromatic N) is 1. The lowest BCUT2D eigenvalue weighted by Crippen LogP contribution is -2.23. The second kappa shape index (κ2) is 5.63. The number of amides is 3. The maximum atomic E-state index is 11.7. The highest BCUT2D eigenvalue weighted by atomic mass is 16.2. The zero-order chi connectivity index (χ0) is 13.7. The summed E-state index contributed by atoms with van der Waals surface area (Å²) < 4.78 is 0. The molecule has 0 aliphatic carbocycles. The Bertz CT molecular complexity index is 599. The Morgan fingerprint density at radius 1 is 1.00 bits per heavy atom. The Balaban J connectivity index is 2.09. The average Bonchev–Trinajstić information content (AvgIpc) is 2.40. The van der Waals surface area contributed by atoms with Crippen LogP contribution in [0.15, 0.2) is 48.7 Å². The largest absolute Gasteiger partial charge is 0.365 e. The second-order valence-corrected chi connectivity index (χ2v) is 3.71. The molecule has 0 radical (unpaired) electrons. The summed E-state index contributed by atoms with van der Waals surface area (Å²) in [5.74, 6) is -0.522. The maximum absolute atomic E-state index is 11.7. The van der Waals surface area contributed by atoms with Gasteiger partial charge < -0.3 is 11.1 Å². The molecule has 1 heterocycles. The molecule has 19 heavy (non-hydrogen) atoms. The summed E-state index contributed by atoms with van der Waals surface area (Å²) in [6.07, 6.45) is 1.46. The zero-order valence-corrected chi connectivity index (χ0v) is 9.96. The number of pyridine rings is 1. The van der Waals surface area contributed by atoms with Crippen LogP contribution in [0.1, 0.15) is 10.4 Å². The van der Waals surface area contributed by atoms with Gasteiger partial charge in [0.15, 0.2) is 0 Å². The second-order valence-electron chi connectivity index (χ2n) is 3.71. The molecule has 0 unspecified atom stereocenters. The Labute approximate surface area is 109 Å².